The lowest BCUT2D eigenvalue weighted by Gasteiger charge is -2.58. The SMILES string of the molecule is C[C@H](O)[C@H]1[C@H](O)C[C@H]2[C@@H]3CC=C4C[C@@H](O[C@@H]5O[C@H](CO)[C@@H](O)[C@H](O)[C@H]5O)CC[C@]4(C)[C@H]3CC[C@]12C. The van der Waals surface area contributed by atoms with E-state index in [4.69, 9.17) is 9.47 Å². The van der Waals surface area contributed by atoms with Crippen LogP contribution < -0.4 is 0 Å². The summed E-state index contributed by atoms with van der Waals surface area (Å²) in [7, 11) is 0. The molecule has 1 aliphatic heterocycles. The van der Waals surface area contributed by atoms with Crippen molar-refractivity contribution >= 4 is 0 Å². The summed E-state index contributed by atoms with van der Waals surface area (Å²) < 4.78 is 11.7. The predicted octanol–water partition coefficient (Wildman–Crippen LogP) is 1.10. The Hall–Kier alpha value is -0.580. The average Bonchev–Trinajstić information content (AvgIpc) is 3.09. The van der Waals surface area contributed by atoms with Crippen LogP contribution in [-0.2, 0) is 9.47 Å². The molecule has 0 unspecified atom stereocenters. The van der Waals surface area contributed by atoms with Crippen LogP contribution in [0.3, 0.4) is 0 Å². The molecule has 3 saturated carbocycles. The highest BCUT2D eigenvalue weighted by Gasteiger charge is 2.62. The molecule has 200 valence electrons. The fraction of sp³-hybridized carbons (Fsp3) is 0.926. The molecule has 1 heterocycles. The van der Waals surface area contributed by atoms with Gasteiger partial charge in [0.05, 0.1) is 24.9 Å². The van der Waals surface area contributed by atoms with E-state index in [1.165, 1.54) is 5.57 Å². The van der Waals surface area contributed by atoms with E-state index in [0.717, 1.165) is 44.9 Å². The zero-order chi connectivity index (χ0) is 25.3. The van der Waals surface area contributed by atoms with Gasteiger partial charge in [0.25, 0.3) is 0 Å². The molecule has 5 aliphatic rings. The Morgan fingerprint density at radius 3 is 2.49 bits per heavy atom. The number of rotatable bonds is 4. The maximum Gasteiger partial charge on any atom is 0.186 e. The van der Waals surface area contributed by atoms with Crippen LogP contribution in [-0.4, -0.2) is 86.3 Å². The number of aliphatic hydroxyl groups is 6. The minimum atomic E-state index is -1.43. The molecular weight excluding hydrogens is 452 g/mol. The molecule has 0 aromatic rings. The first kappa shape index (κ1) is 26.0. The van der Waals surface area contributed by atoms with E-state index in [-0.39, 0.29) is 22.9 Å². The molecule has 8 nitrogen and oxygen atoms in total. The summed E-state index contributed by atoms with van der Waals surface area (Å²) in [6.07, 6.45) is 1.35. The second-order valence-corrected chi connectivity index (χ2v) is 12.6. The third kappa shape index (κ3) is 4.04. The van der Waals surface area contributed by atoms with Crippen LogP contribution in [0.25, 0.3) is 0 Å². The molecular formula is C27H44O8. The highest BCUT2D eigenvalue weighted by atomic mass is 16.7. The summed E-state index contributed by atoms with van der Waals surface area (Å²) in [6.45, 7) is 6.02. The number of hydrogen-bond acceptors (Lipinski definition) is 8. The summed E-state index contributed by atoms with van der Waals surface area (Å²) in [6, 6.07) is 0. The molecule has 0 aromatic heterocycles. The van der Waals surface area contributed by atoms with Crippen molar-refractivity contribution in [2.45, 2.75) is 115 Å². The van der Waals surface area contributed by atoms with Gasteiger partial charge in [0, 0.05) is 5.92 Å². The Labute approximate surface area is 208 Å². The fourth-order valence-corrected chi connectivity index (χ4v) is 9.04. The lowest BCUT2D eigenvalue weighted by molar-refractivity contribution is -0.313. The zero-order valence-corrected chi connectivity index (χ0v) is 21.2. The van der Waals surface area contributed by atoms with E-state index in [0.29, 0.717) is 17.8 Å². The van der Waals surface area contributed by atoms with Crippen molar-refractivity contribution < 1.29 is 40.1 Å². The van der Waals surface area contributed by atoms with Gasteiger partial charge in [-0.2, -0.15) is 0 Å². The van der Waals surface area contributed by atoms with E-state index in [2.05, 4.69) is 19.9 Å². The van der Waals surface area contributed by atoms with Gasteiger partial charge in [0.2, 0.25) is 0 Å². The van der Waals surface area contributed by atoms with Crippen molar-refractivity contribution in [2.24, 2.45) is 34.5 Å². The van der Waals surface area contributed by atoms with Gasteiger partial charge in [-0.15, -0.1) is 0 Å². The number of hydrogen-bond donors (Lipinski definition) is 6. The lowest BCUT2D eigenvalue weighted by atomic mass is 9.47. The number of allylic oxidation sites excluding steroid dienone is 1. The summed E-state index contributed by atoms with van der Waals surface area (Å²) in [4.78, 5) is 0. The average molecular weight is 497 g/mol. The predicted molar refractivity (Wildman–Crippen MR) is 127 cm³/mol. The molecule has 0 bridgehead atoms. The van der Waals surface area contributed by atoms with Crippen LogP contribution >= 0.6 is 0 Å². The highest BCUT2D eigenvalue weighted by Crippen LogP contribution is 2.66. The smallest absolute Gasteiger partial charge is 0.186 e. The van der Waals surface area contributed by atoms with Gasteiger partial charge in [-0.05, 0) is 80.5 Å². The first-order valence-electron chi connectivity index (χ1n) is 13.5. The first-order valence-corrected chi connectivity index (χ1v) is 13.5. The molecule has 0 radical (unpaired) electrons. The van der Waals surface area contributed by atoms with Gasteiger partial charge < -0.3 is 40.1 Å². The van der Waals surface area contributed by atoms with Crippen molar-refractivity contribution in [1.82, 2.24) is 0 Å². The molecule has 6 N–H and O–H groups in total. The lowest BCUT2D eigenvalue weighted by Crippen LogP contribution is -2.60. The molecule has 8 heteroatoms. The summed E-state index contributed by atoms with van der Waals surface area (Å²) in [5, 5.41) is 61.3. The largest absolute Gasteiger partial charge is 0.394 e. The fourth-order valence-electron chi connectivity index (χ4n) is 9.04. The Kier molecular flexibility index (Phi) is 6.93. The molecule has 35 heavy (non-hydrogen) atoms. The van der Waals surface area contributed by atoms with Gasteiger partial charge in [-0.3, -0.25) is 0 Å². The van der Waals surface area contributed by atoms with Crippen LogP contribution in [0.2, 0.25) is 0 Å². The highest BCUT2D eigenvalue weighted by molar-refractivity contribution is 5.26. The molecule has 1 saturated heterocycles. The maximum atomic E-state index is 10.9. The molecule has 0 spiro atoms. The minimum Gasteiger partial charge on any atom is -0.394 e. The number of fused-ring (bicyclic) bond motifs is 5. The first-order chi connectivity index (χ1) is 16.5. The van der Waals surface area contributed by atoms with Gasteiger partial charge in [-0.25, -0.2) is 0 Å². The van der Waals surface area contributed by atoms with Crippen molar-refractivity contribution in [3.63, 3.8) is 0 Å². The Balaban J connectivity index is 1.30. The molecule has 14 atom stereocenters. The van der Waals surface area contributed by atoms with Crippen molar-refractivity contribution in [3.8, 4) is 0 Å². The van der Waals surface area contributed by atoms with Crippen molar-refractivity contribution in [1.29, 1.82) is 0 Å². The van der Waals surface area contributed by atoms with Crippen LogP contribution in [0.4, 0.5) is 0 Å². The van der Waals surface area contributed by atoms with Crippen molar-refractivity contribution in [2.75, 3.05) is 6.61 Å². The third-order valence-corrected chi connectivity index (χ3v) is 10.9. The molecule has 0 aromatic carbocycles. The van der Waals surface area contributed by atoms with E-state index >= 15 is 0 Å². The number of ether oxygens (including phenoxy) is 2. The van der Waals surface area contributed by atoms with E-state index in [9.17, 15) is 30.6 Å². The normalized spacial score (nSPS) is 54.9. The number of aliphatic hydroxyl groups excluding tert-OH is 6. The minimum absolute atomic E-state index is 0.0279. The topological polar surface area (TPSA) is 140 Å². The van der Waals surface area contributed by atoms with E-state index in [1.54, 1.807) is 0 Å². The van der Waals surface area contributed by atoms with E-state index < -0.39 is 49.5 Å². The summed E-state index contributed by atoms with van der Waals surface area (Å²) in [5.74, 6) is 1.39. The van der Waals surface area contributed by atoms with Crippen LogP contribution in [0.15, 0.2) is 11.6 Å². The Bertz CT molecular complexity index is 815. The van der Waals surface area contributed by atoms with Gasteiger partial charge >= 0.3 is 0 Å². The van der Waals surface area contributed by atoms with Gasteiger partial charge in [-0.1, -0.05) is 25.5 Å². The Morgan fingerprint density at radius 1 is 1.06 bits per heavy atom. The van der Waals surface area contributed by atoms with Crippen molar-refractivity contribution in [3.05, 3.63) is 11.6 Å². The molecule has 5 rings (SSSR count). The van der Waals surface area contributed by atoms with E-state index in [1.807, 2.05) is 6.92 Å². The van der Waals surface area contributed by atoms with Crippen LogP contribution in [0.5, 0.6) is 0 Å². The second-order valence-electron chi connectivity index (χ2n) is 12.6. The zero-order valence-electron chi connectivity index (χ0n) is 21.2. The molecule has 4 aliphatic carbocycles. The summed E-state index contributed by atoms with van der Waals surface area (Å²) >= 11 is 0. The second kappa shape index (κ2) is 9.31. The van der Waals surface area contributed by atoms with Gasteiger partial charge in [0.1, 0.15) is 24.4 Å². The Morgan fingerprint density at radius 2 is 1.80 bits per heavy atom. The monoisotopic (exact) mass is 496 g/mol. The third-order valence-electron chi connectivity index (χ3n) is 10.9. The quantitative estimate of drug-likeness (QED) is 0.318. The van der Waals surface area contributed by atoms with Crippen LogP contribution in [0.1, 0.15) is 65.7 Å². The van der Waals surface area contributed by atoms with Gasteiger partial charge in [0.15, 0.2) is 6.29 Å². The molecule has 0 amide bonds. The van der Waals surface area contributed by atoms with Crippen LogP contribution in [0, 0.1) is 34.5 Å². The standard InChI is InChI=1S/C27H44O8/c1-13(29)21-19(30)11-18-16-5-4-14-10-15(6-8-26(14,2)17(16)7-9-27(18,21)3)34-25-24(33)23(32)22(31)20(12-28)35-25/h4,13,15-25,28-33H,5-12H2,1-3H3/t13-,15-,16+,17-,18-,19+,20+,21-,22+,23-,24+,25+,26-,27-/m0/s1. The maximum absolute atomic E-state index is 10.9. The molecule has 4 fully saturated rings. The summed E-state index contributed by atoms with van der Waals surface area (Å²) in [5.41, 5.74) is 1.42.